The Labute approximate surface area is 156 Å². The van der Waals surface area contributed by atoms with E-state index in [1.54, 1.807) is 36.5 Å². The molecule has 0 saturated carbocycles. The molecule has 0 aliphatic rings. The first-order valence-electron chi connectivity index (χ1n) is 8.20. The Kier molecular flexibility index (Phi) is 4.31. The number of para-hydroxylation sites is 1. The monoisotopic (exact) mass is 383 g/mol. The molecule has 0 spiro atoms. The number of nitrogens with zero attached hydrogens (tertiary/aromatic N) is 2. The van der Waals surface area contributed by atoms with Gasteiger partial charge in [-0.3, -0.25) is 9.78 Å². The molecule has 0 saturated heterocycles. The fourth-order valence-corrected chi connectivity index (χ4v) is 2.71. The summed E-state index contributed by atoms with van der Waals surface area (Å²) in [7, 11) is 0. The molecular weight excluding hydrogens is 371 g/mol. The number of hydrogen-bond acceptors (Lipinski definition) is 4. The number of amides is 1. The molecule has 0 aliphatic carbocycles. The number of carbonyl (C=O) groups excluding carboxylic acids is 1. The van der Waals surface area contributed by atoms with Gasteiger partial charge >= 0.3 is 6.18 Å². The number of rotatable bonds is 3. The molecule has 8 heteroatoms. The van der Waals surface area contributed by atoms with Gasteiger partial charge in [-0.25, -0.2) is 4.98 Å². The fourth-order valence-electron chi connectivity index (χ4n) is 2.71. The number of hydrogen-bond donors (Lipinski definition) is 1. The minimum atomic E-state index is -4.48. The van der Waals surface area contributed by atoms with Gasteiger partial charge in [-0.2, -0.15) is 13.2 Å². The lowest BCUT2D eigenvalue weighted by Gasteiger charge is -2.06. The molecule has 0 unspecified atom stereocenters. The Morgan fingerprint density at radius 2 is 1.86 bits per heavy atom. The smallest absolute Gasteiger partial charge is 0.416 e. The first-order valence-corrected chi connectivity index (χ1v) is 8.20. The lowest BCUT2D eigenvalue weighted by atomic mass is 10.1. The molecule has 2 heterocycles. The second-order valence-corrected chi connectivity index (χ2v) is 5.95. The van der Waals surface area contributed by atoms with Crippen LogP contribution in [0.3, 0.4) is 0 Å². The van der Waals surface area contributed by atoms with Crippen LogP contribution >= 0.6 is 0 Å². The molecule has 5 nitrogen and oxygen atoms in total. The standard InChI is InChI=1S/C20H12F3N3O2/c21-20(22,23)13-5-1-4-12(10-13)19-26-16-8-2-7-15(17(16)28-19)18(27)25-14-6-3-9-24-11-14/h1-11H,(H,25,27). The maximum absolute atomic E-state index is 13.0. The summed E-state index contributed by atoms with van der Waals surface area (Å²) in [5, 5.41) is 2.69. The van der Waals surface area contributed by atoms with E-state index in [0.717, 1.165) is 12.1 Å². The number of halogens is 3. The lowest BCUT2D eigenvalue weighted by Crippen LogP contribution is -2.12. The van der Waals surface area contributed by atoms with E-state index in [2.05, 4.69) is 15.3 Å². The summed E-state index contributed by atoms with van der Waals surface area (Å²) in [6, 6.07) is 12.8. The molecule has 0 aliphatic heterocycles. The quantitative estimate of drug-likeness (QED) is 0.531. The molecule has 2 aromatic carbocycles. The van der Waals surface area contributed by atoms with Gasteiger partial charge in [0.2, 0.25) is 5.89 Å². The molecule has 4 aromatic rings. The highest BCUT2D eigenvalue weighted by atomic mass is 19.4. The van der Waals surface area contributed by atoms with Crippen LogP contribution < -0.4 is 5.32 Å². The minimum Gasteiger partial charge on any atom is -0.435 e. The summed E-state index contributed by atoms with van der Waals surface area (Å²) >= 11 is 0. The van der Waals surface area contributed by atoms with E-state index in [-0.39, 0.29) is 22.6 Å². The first kappa shape index (κ1) is 17.7. The topological polar surface area (TPSA) is 68.0 Å². The van der Waals surface area contributed by atoms with Crippen molar-refractivity contribution in [1.82, 2.24) is 9.97 Å². The van der Waals surface area contributed by atoms with Crippen LogP contribution in [0.4, 0.5) is 18.9 Å². The number of oxazole rings is 1. The zero-order valence-corrected chi connectivity index (χ0v) is 14.2. The third-order valence-corrected chi connectivity index (χ3v) is 4.02. The van der Waals surface area contributed by atoms with Crippen molar-refractivity contribution < 1.29 is 22.4 Å². The highest BCUT2D eigenvalue weighted by Crippen LogP contribution is 2.33. The number of fused-ring (bicyclic) bond motifs is 1. The average Bonchev–Trinajstić information content (AvgIpc) is 3.12. The average molecular weight is 383 g/mol. The number of anilines is 1. The summed E-state index contributed by atoms with van der Waals surface area (Å²) in [5.74, 6) is -0.437. The number of carbonyl (C=O) groups is 1. The Bertz CT molecular complexity index is 1150. The predicted octanol–water partition coefficient (Wildman–Crippen LogP) is 5.16. The van der Waals surface area contributed by atoms with Crippen LogP contribution in [0.25, 0.3) is 22.6 Å². The van der Waals surface area contributed by atoms with Crippen LogP contribution in [0.15, 0.2) is 71.4 Å². The number of aromatic nitrogens is 2. The van der Waals surface area contributed by atoms with Crippen LogP contribution in [0.5, 0.6) is 0 Å². The van der Waals surface area contributed by atoms with Crippen LogP contribution in [0.1, 0.15) is 15.9 Å². The van der Waals surface area contributed by atoms with Gasteiger partial charge < -0.3 is 9.73 Å². The molecule has 1 N–H and O–H groups in total. The van der Waals surface area contributed by atoms with Crippen molar-refractivity contribution in [3.8, 4) is 11.5 Å². The number of alkyl halides is 3. The van der Waals surface area contributed by atoms with Crippen LogP contribution in [0, 0.1) is 0 Å². The summed E-state index contributed by atoms with van der Waals surface area (Å²) in [5.41, 5.74) is 0.642. The Morgan fingerprint density at radius 3 is 2.61 bits per heavy atom. The van der Waals surface area contributed by atoms with Gasteiger partial charge in [-0.1, -0.05) is 12.1 Å². The second kappa shape index (κ2) is 6.80. The van der Waals surface area contributed by atoms with Crippen molar-refractivity contribution in [2.45, 2.75) is 6.18 Å². The van der Waals surface area contributed by atoms with Crippen molar-refractivity contribution in [1.29, 1.82) is 0 Å². The van der Waals surface area contributed by atoms with Crippen LogP contribution in [-0.4, -0.2) is 15.9 Å². The third kappa shape index (κ3) is 3.44. The van der Waals surface area contributed by atoms with E-state index >= 15 is 0 Å². The normalized spacial score (nSPS) is 11.5. The van der Waals surface area contributed by atoms with Gasteiger partial charge in [-0.15, -0.1) is 0 Å². The SMILES string of the molecule is O=C(Nc1cccnc1)c1cccc2nc(-c3cccc(C(F)(F)F)c3)oc12. The van der Waals surface area contributed by atoms with E-state index in [1.807, 2.05) is 0 Å². The van der Waals surface area contributed by atoms with E-state index in [9.17, 15) is 18.0 Å². The lowest BCUT2D eigenvalue weighted by molar-refractivity contribution is -0.137. The Balaban J connectivity index is 1.73. The molecule has 0 atom stereocenters. The molecule has 1 amide bonds. The predicted molar refractivity (Wildman–Crippen MR) is 96.6 cm³/mol. The molecule has 0 radical (unpaired) electrons. The van der Waals surface area contributed by atoms with E-state index in [1.165, 1.54) is 18.3 Å². The molecule has 2 aromatic heterocycles. The highest BCUT2D eigenvalue weighted by Gasteiger charge is 2.31. The van der Waals surface area contributed by atoms with Gasteiger partial charge in [0.05, 0.1) is 23.0 Å². The maximum Gasteiger partial charge on any atom is 0.416 e. The van der Waals surface area contributed by atoms with Gasteiger partial charge in [0.1, 0.15) is 5.52 Å². The Hall–Kier alpha value is -3.68. The summed E-state index contributed by atoms with van der Waals surface area (Å²) < 4.78 is 44.5. The van der Waals surface area contributed by atoms with Gasteiger partial charge in [0.25, 0.3) is 5.91 Å². The molecule has 0 bridgehead atoms. The Morgan fingerprint density at radius 1 is 1.04 bits per heavy atom. The van der Waals surface area contributed by atoms with Crippen molar-refractivity contribution in [3.63, 3.8) is 0 Å². The van der Waals surface area contributed by atoms with Gasteiger partial charge in [0, 0.05) is 11.8 Å². The van der Waals surface area contributed by atoms with E-state index in [0.29, 0.717) is 11.2 Å². The van der Waals surface area contributed by atoms with Crippen molar-refractivity contribution in [2.75, 3.05) is 5.32 Å². The largest absolute Gasteiger partial charge is 0.435 e. The van der Waals surface area contributed by atoms with E-state index in [4.69, 9.17) is 4.42 Å². The summed E-state index contributed by atoms with van der Waals surface area (Å²) in [6.45, 7) is 0. The zero-order chi connectivity index (χ0) is 19.7. The minimum absolute atomic E-state index is 0.00253. The first-order chi connectivity index (χ1) is 13.4. The molecule has 4 rings (SSSR count). The fraction of sp³-hybridized carbons (Fsp3) is 0.0500. The van der Waals surface area contributed by atoms with Gasteiger partial charge in [-0.05, 0) is 42.5 Å². The number of pyridine rings is 1. The molecule has 140 valence electrons. The second-order valence-electron chi connectivity index (χ2n) is 5.95. The summed E-state index contributed by atoms with van der Waals surface area (Å²) in [4.78, 5) is 20.7. The van der Waals surface area contributed by atoms with E-state index < -0.39 is 17.6 Å². The molecule has 28 heavy (non-hydrogen) atoms. The van der Waals surface area contributed by atoms with Crippen molar-refractivity contribution >= 4 is 22.7 Å². The maximum atomic E-state index is 13.0. The molecule has 0 fully saturated rings. The number of benzene rings is 2. The highest BCUT2D eigenvalue weighted by molar-refractivity contribution is 6.11. The van der Waals surface area contributed by atoms with Crippen molar-refractivity contribution in [3.05, 3.63) is 78.1 Å². The number of nitrogens with one attached hydrogen (secondary N) is 1. The zero-order valence-electron chi connectivity index (χ0n) is 14.2. The van der Waals surface area contributed by atoms with Crippen molar-refractivity contribution in [2.24, 2.45) is 0 Å². The molecular formula is C20H12F3N3O2. The van der Waals surface area contributed by atoms with Gasteiger partial charge in [0.15, 0.2) is 5.58 Å². The van der Waals surface area contributed by atoms with Crippen LogP contribution in [-0.2, 0) is 6.18 Å². The van der Waals surface area contributed by atoms with Crippen LogP contribution in [0.2, 0.25) is 0 Å². The summed E-state index contributed by atoms with van der Waals surface area (Å²) in [6.07, 6.45) is -1.41. The third-order valence-electron chi connectivity index (χ3n) is 4.02.